The Morgan fingerprint density at radius 1 is 0.548 bits per heavy atom. The fourth-order valence-corrected chi connectivity index (χ4v) is 9.95. The summed E-state index contributed by atoms with van der Waals surface area (Å²) in [5.74, 6) is 1.88. The predicted octanol–water partition coefficient (Wildman–Crippen LogP) is 17.8. The highest BCUT2D eigenvalue weighted by Gasteiger charge is 2.38. The minimum absolute atomic E-state index is 0.0575. The van der Waals surface area contributed by atoms with Gasteiger partial charge in [0.25, 0.3) is 0 Å². The Bertz CT molecular complexity index is 2100. The van der Waals surface area contributed by atoms with Crippen molar-refractivity contribution in [1.29, 1.82) is 0 Å². The molecule has 1 aliphatic rings. The first-order valence-corrected chi connectivity index (χ1v) is 25.1. The number of hydrogen-bond acceptors (Lipinski definition) is 5. The summed E-state index contributed by atoms with van der Waals surface area (Å²) in [7, 11) is 0. The SMILES string of the molecule is C=C1N(CCCCCC)c2cc(-c3ccc(-c4ccc(N(c5ccc(OCCCCCCCC)cc5C)c5ccc(OCCCCCCCC)cc5C)cc4)s3)ccc2C1(C)C. The van der Waals surface area contributed by atoms with Gasteiger partial charge in [-0.25, -0.2) is 0 Å². The van der Waals surface area contributed by atoms with E-state index >= 15 is 0 Å². The van der Waals surface area contributed by atoms with Crippen LogP contribution in [0.4, 0.5) is 22.7 Å². The second-order valence-electron chi connectivity index (χ2n) is 18.2. The number of nitrogens with zero attached hydrogens (tertiary/aromatic N) is 2. The van der Waals surface area contributed by atoms with Gasteiger partial charge in [0, 0.05) is 50.2 Å². The van der Waals surface area contributed by atoms with Crippen LogP contribution in [0.25, 0.3) is 20.9 Å². The molecule has 0 saturated heterocycles. The van der Waals surface area contributed by atoms with Crippen molar-refractivity contribution in [2.24, 2.45) is 0 Å². The van der Waals surface area contributed by atoms with E-state index in [9.17, 15) is 0 Å². The molecule has 1 aliphatic heterocycles. The Morgan fingerprint density at radius 2 is 1.03 bits per heavy atom. The van der Waals surface area contributed by atoms with Crippen molar-refractivity contribution in [3.05, 3.63) is 120 Å². The van der Waals surface area contributed by atoms with Gasteiger partial charge in [0.15, 0.2) is 0 Å². The Balaban J connectivity index is 1.22. The van der Waals surface area contributed by atoms with Crippen LogP contribution in [0.5, 0.6) is 11.5 Å². The van der Waals surface area contributed by atoms with Crippen LogP contribution in [0.2, 0.25) is 0 Å². The predicted molar refractivity (Wildman–Crippen MR) is 271 cm³/mol. The summed E-state index contributed by atoms with van der Waals surface area (Å²) in [5, 5.41) is 0. The number of unbranched alkanes of at least 4 members (excludes halogenated alkanes) is 13. The van der Waals surface area contributed by atoms with Crippen molar-refractivity contribution in [2.45, 2.75) is 157 Å². The van der Waals surface area contributed by atoms with Crippen LogP contribution in [-0.2, 0) is 5.41 Å². The lowest BCUT2D eigenvalue weighted by atomic mass is 9.84. The highest BCUT2D eigenvalue weighted by molar-refractivity contribution is 7.18. The van der Waals surface area contributed by atoms with Crippen LogP contribution < -0.4 is 19.3 Å². The topological polar surface area (TPSA) is 24.9 Å². The molecule has 62 heavy (non-hydrogen) atoms. The molecule has 0 bridgehead atoms. The van der Waals surface area contributed by atoms with Crippen molar-refractivity contribution in [2.75, 3.05) is 29.6 Å². The maximum atomic E-state index is 6.28. The molecule has 0 radical (unpaired) electrons. The van der Waals surface area contributed by atoms with Crippen molar-refractivity contribution in [3.63, 3.8) is 0 Å². The average Bonchev–Trinajstić information content (AvgIpc) is 3.84. The second-order valence-corrected chi connectivity index (χ2v) is 19.3. The van der Waals surface area contributed by atoms with Crippen molar-refractivity contribution >= 4 is 34.1 Å². The molecule has 0 amide bonds. The van der Waals surface area contributed by atoms with E-state index in [4.69, 9.17) is 9.47 Å². The number of ether oxygens (including phenoxy) is 2. The Morgan fingerprint density at radius 3 is 1.56 bits per heavy atom. The largest absolute Gasteiger partial charge is 0.494 e. The number of fused-ring (bicyclic) bond motifs is 1. The molecular weight excluding hydrogens is 777 g/mol. The lowest BCUT2D eigenvalue weighted by Crippen LogP contribution is -2.26. The van der Waals surface area contributed by atoms with E-state index in [0.717, 1.165) is 61.2 Å². The van der Waals surface area contributed by atoms with E-state index in [2.05, 4.69) is 156 Å². The zero-order chi connectivity index (χ0) is 43.9. The third-order valence-electron chi connectivity index (χ3n) is 12.9. The number of anilines is 4. The highest BCUT2D eigenvalue weighted by atomic mass is 32.1. The van der Waals surface area contributed by atoms with Gasteiger partial charge in [0.05, 0.1) is 13.2 Å². The monoisotopic (exact) mass is 853 g/mol. The van der Waals surface area contributed by atoms with Gasteiger partial charge < -0.3 is 19.3 Å². The molecule has 4 aromatic carbocycles. The lowest BCUT2D eigenvalue weighted by molar-refractivity contribution is 0.304. The normalized spacial score (nSPS) is 13.1. The summed E-state index contributed by atoms with van der Waals surface area (Å²) in [4.78, 5) is 7.45. The molecule has 0 unspecified atom stereocenters. The van der Waals surface area contributed by atoms with E-state index in [1.54, 1.807) is 0 Å². The number of benzene rings is 4. The zero-order valence-electron chi connectivity index (χ0n) is 39.4. The number of allylic oxidation sites excluding steroid dienone is 1. The fourth-order valence-electron chi connectivity index (χ4n) is 8.94. The molecule has 4 nitrogen and oxygen atoms in total. The Kier molecular flexibility index (Phi) is 17.6. The van der Waals surface area contributed by atoms with Crippen LogP contribution in [0, 0.1) is 13.8 Å². The third kappa shape index (κ3) is 11.9. The molecule has 0 spiro atoms. The molecule has 0 aliphatic carbocycles. The quantitative estimate of drug-likeness (QED) is 0.0518. The van der Waals surface area contributed by atoms with Crippen LogP contribution in [0.3, 0.4) is 0 Å². The van der Waals surface area contributed by atoms with Crippen LogP contribution in [-0.4, -0.2) is 19.8 Å². The summed E-state index contributed by atoms with van der Waals surface area (Å²) in [6.45, 7) is 23.0. The van der Waals surface area contributed by atoms with E-state index in [-0.39, 0.29) is 5.41 Å². The van der Waals surface area contributed by atoms with Gasteiger partial charge in [0.2, 0.25) is 0 Å². The van der Waals surface area contributed by atoms with Crippen molar-refractivity contribution in [3.8, 4) is 32.4 Å². The Hall–Kier alpha value is -4.48. The van der Waals surface area contributed by atoms with Gasteiger partial charge in [-0.2, -0.15) is 0 Å². The molecule has 0 atom stereocenters. The van der Waals surface area contributed by atoms with E-state index < -0.39 is 0 Å². The van der Waals surface area contributed by atoms with E-state index in [1.807, 2.05) is 11.3 Å². The second kappa shape index (κ2) is 23.3. The minimum atomic E-state index is -0.0575. The van der Waals surface area contributed by atoms with E-state index in [0.29, 0.717) is 0 Å². The van der Waals surface area contributed by atoms with Gasteiger partial charge in [-0.1, -0.05) is 149 Å². The van der Waals surface area contributed by atoms with Gasteiger partial charge in [-0.3, -0.25) is 0 Å². The summed E-state index contributed by atoms with van der Waals surface area (Å²) in [6.07, 6.45) is 20.1. The maximum Gasteiger partial charge on any atom is 0.119 e. The summed E-state index contributed by atoms with van der Waals surface area (Å²) in [6, 6.07) is 33.9. The highest BCUT2D eigenvalue weighted by Crippen LogP contribution is 2.49. The van der Waals surface area contributed by atoms with Gasteiger partial charge in [0.1, 0.15) is 11.5 Å². The minimum Gasteiger partial charge on any atom is -0.494 e. The van der Waals surface area contributed by atoms with Crippen molar-refractivity contribution < 1.29 is 9.47 Å². The number of rotatable bonds is 26. The smallest absolute Gasteiger partial charge is 0.119 e. The molecule has 5 aromatic rings. The number of thiophene rings is 1. The molecule has 332 valence electrons. The summed E-state index contributed by atoms with van der Waals surface area (Å²) < 4.78 is 12.6. The average molecular weight is 853 g/mol. The first kappa shape index (κ1) is 47.0. The molecular formula is C57H76N2O2S. The number of hydrogen-bond donors (Lipinski definition) is 0. The first-order valence-electron chi connectivity index (χ1n) is 24.2. The molecule has 1 aromatic heterocycles. The summed E-state index contributed by atoms with van der Waals surface area (Å²) in [5.41, 5.74) is 12.2. The van der Waals surface area contributed by atoms with Crippen LogP contribution in [0.15, 0.2) is 103 Å². The Labute approximate surface area is 380 Å². The van der Waals surface area contributed by atoms with Gasteiger partial charge >= 0.3 is 0 Å². The molecule has 0 saturated carbocycles. The fraction of sp³-hybridized carbons (Fsp3) is 0.474. The number of aryl methyl sites for hydroxylation is 2. The standard InChI is InChI=1S/C57H76N2O2S/c1-9-12-15-18-20-23-38-60-49-30-33-52(43(4)40-49)59(53-34-31-50(41-44(53)5)61-39-24-21-19-16-13-10-2)48-28-25-46(26-29-48)55-35-36-56(62-55)47-27-32-51-54(42-47)58(37-22-17-14-11-3)45(6)57(51,7)8/h25-36,40-42H,6,9-24,37-39H2,1-5,7-8H3. The lowest BCUT2D eigenvalue weighted by Gasteiger charge is -2.29. The third-order valence-corrected chi connectivity index (χ3v) is 14.1. The summed E-state index contributed by atoms with van der Waals surface area (Å²) >= 11 is 1.87. The molecule has 6 rings (SSSR count). The molecule has 2 heterocycles. The van der Waals surface area contributed by atoms with Gasteiger partial charge in [-0.15, -0.1) is 11.3 Å². The van der Waals surface area contributed by atoms with Gasteiger partial charge in [-0.05, 0) is 128 Å². The first-order chi connectivity index (χ1) is 30.2. The van der Waals surface area contributed by atoms with Crippen molar-refractivity contribution in [1.82, 2.24) is 0 Å². The van der Waals surface area contributed by atoms with E-state index in [1.165, 1.54) is 139 Å². The molecule has 0 fully saturated rings. The molecule has 5 heteroatoms. The maximum absolute atomic E-state index is 6.28. The zero-order valence-corrected chi connectivity index (χ0v) is 40.2. The van der Waals surface area contributed by atoms with Crippen LogP contribution >= 0.6 is 11.3 Å². The molecule has 0 N–H and O–H groups in total. The van der Waals surface area contributed by atoms with Crippen LogP contribution in [0.1, 0.15) is 154 Å².